The van der Waals surface area contributed by atoms with Crippen molar-refractivity contribution >= 4 is 11.4 Å². The van der Waals surface area contributed by atoms with E-state index in [4.69, 9.17) is 5.73 Å². The Labute approximate surface area is 96.2 Å². The molecule has 0 unspecified atom stereocenters. The maximum absolute atomic E-state index is 13.4. The molecular weight excluding hydrogens is 203 g/mol. The van der Waals surface area contributed by atoms with Crippen molar-refractivity contribution in [2.45, 2.75) is 38.6 Å². The summed E-state index contributed by atoms with van der Waals surface area (Å²) in [4.78, 5) is 2.27. The third-order valence-corrected chi connectivity index (χ3v) is 3.08. The normalized spacial score (nSPS) is 15.1. The van der Waals surface area contributed by atoms with Gasteiger partial charge in [0, 0.05) is 12.6 Å². The van der Waals surface area contributed by atoms with Crippen molar-refractivity contribution in [1.29, 1.82) is 0 Å². The summed E-state index contributed by atoms with van der Waals surface area (Å²) in [5.74, 6) is -0.306. The second kappa shape index (κ2) is 4.73. The number of nitrogens with zero attached hydrogens (tertiary/aromatic N) is 1. The number of halogens is 1. The molecule has 16 heavy (non-hydrogen) atoms. The molecule has 2 N–H and O–H groups in total. The van der Waals surface area contributed by atoms with E-state index >= 15 is 0 Å². The molecule has 1 aliphatic rings. The van der Waals surface area contributed by atoms with Crippen LogP contribution in [-0.4, -0.2) is 12.6 Å². The first-order chi connectivity index (χ1) is 7.74. The van der Waals surface area contributed by atoms with E-state index in [1.165, 1.54) is 18.9 Å². The van der Waals surface area contributed by atoms with Gasteiger partial charge >= 0.3 is 0 Å². The van der Waals surface area contributed by atoms with E-state index in [0.29, 0.717) is 11.7 Å². The zero-order valence-corrected chi connectivity index (χ0v) is 9.75. The Balaban J connectivity index is 2.20. The highest BCUT2D eigenvalue weighted by Gasteiger charge is 2.30. The minimum Gasteiger partial charge on any atom is -0.395 e. The Bertz CT molecular complexity index is 361. The minimum atomic E-state index is -0.306. The lowest BCUT2D eigenvalue weighted by atomic mass is 10.2. The first-order valence-electron chi connectivity index (χ1n) is 6.04. The highest BCUT2D eigenvalue weighted by Crippen LogP contribution is 2.35. The summed E-state index contributed by atoms with van der Waals surface area (Å²) in [7, 11) is 0. The highest BCUT2D eigenvalue weighted by atomic mass is 19.1. The molecule has 0 heterocycles. The largest absolute Gasteiger partial charge is 0.395 e. The van der Waals surface area contributed by atoms with E-state index in [9.17, 15) is 4.39 Å². The summed E-state index contributed by atoms with van der Waals surface area (Å²) in [6.07, 6.45) is 4.70. The molecule has 0 bridgehead atoms. The fraction of sp³-hybridized carbons (Fsp3) is 0.538. The molecule has 0 aromatic heterocycles. The number of nitrogens with two attached hydrogens (primary N) is 1. The van der Waals surface area contributed by atoms with Gasteiger partial charge in [0.25, 0.3) is 0 Å². The molecule has 1 fully saturated rings. The Morgan fingerprint density at radius 1 is 1.44 bits per heavy atom. The van der Waals surface area contributed by atoms with Crippen LogP contribution in [0, 0.1) is 5.82 Å². The van der Waals surface area contributed by atoms with E-state index in [2.05, 4.69) is 11.8 Å². The number of para-hydroxylation sites is 1. The standard InChI is InChI=1S/C13H19FN2/c1-2-3-9-16(10-7-8-10)12-6-4-5-11(14)13(12)15/h4-6,10H,2-3,7-9,15H2,1H3. The number of benzene rings is 1. The SMILES string of the molecule is CCCCN(c1cccc(F)c1N)C1CC1. The van der Waals surface area contributed by atoms with Gasteiger partial charge in [0.05, 0.1) is 11.4 Å². The topological polar surface area (TPSA) is 29.3 Å². The summed E-state index contributed by atoms with van der Waals surface area (Å²) in [5.41, 5.74) is 6.97. The number of hydrogen-bond acceptors (Lipinski definition) is 2. The van der Waals surface area contributed by atoms with Gasteiger partial charge in [-0.3, -0.25) is 0 Å². The van der Waals surface area contributed by atoms with Crippen LogP contribution in [0.4, 0.5) is 15.8 Å². The molecule has 0 saturated heterocycles. The van der Waals surface area contributed by atoms with Gasteiger partial charge < -0.3 is 10.6 Å². The quantitative estimate of drug-likeness (QED) is 0.775. The summed E-state index contributed by atoms with van der Waals surface area (Å²) in [5, 5.41) is 0. The lowest BCUT2D eigenvalue weighted by Gasteiger charge is -2.26. The predicted molar refractivity (Wildman–Crippen MR) is 66.1 cm³/mol. The molecule has 2 nitrogen and oxygen atoms in total. The number of anilines is 2. The van der Waals surface area contributed by atoms with E-state index in [0.717, 1.165) is 25.1 Å². The number of hydrogen-bond donors (Lipinski definition) is 1. The van der Waals surface area contributed by atoms with E-state index in [-0.39, 0.29) is 5.82 Å². The fourth-order valence-electron chi connectivity index (χ4n) is 1.99. The van der Waals surface area contributed by atoms with Crippen LogP contribution in [0.25, 0.3) is 0 Å². The minimum absolute atomic E-state index is 0.297. The molecule has 1 aromatic carbocycles. The van der Waals surface area contributed by atoms with Crippen LogP contribution in [0.1, 0.15) is 32.6 Å². The van der Waals surface area contributed by atoms with Crippen molar-refractivity contribution in [3.8, 4) is 0 Å². The van der Waals surface area contributed by atoms with Crippen LogP contribution >= 0.6 is 0 Å². The smallest absolute Gasteiger partial charge is 0.148 e. The summed E-state index contributed by atoms with van der Waals surface area (Å²) < 4.78 is 13.4. The summed E-state index contributed by atoms with van der Waals surface area (Å²) in [6.45, 7) is 3.15. The van der Waals surface area contributed by atoms with Gasteiger partial charge in [-0.2, -0.15) is 0 Å². The van der Waals surface area contributed by atoms with E-state index in [1.54, 1.807) is 6.07 Å². The Hall–Kier alpha value is -1.25. The Kier molecular flexibility index (Phi) is 3.32. The van der Waals surface area contributed by atoms with Gasteiger partial charge in [0.2, 0.25) is 0 Å². The van der Waals surface area contributed by atoms with Crippen LogP contribution < -0.4 is 10.6 Å². The average molecular weight is 222 g/mol. The molecule has 88 valence electrons. The van der Waals surface area contributed by atoms with Crippen molar-refractivity contribution in [3.63, 3.8) is 0 Å². The molecule has 0 atom stereocenters. The van der Waals surface area contributed by atoms with Crippen molar-refractivity contribution < 1.29 is 4.39 Å². The highest BCUT2D eigenvalue weighted by molar-refractivity contribution is 5.68. The molecule has 0 spiro atoms. The molecule has 1 saturated carbocycles. The van der Waals surface area contributed by atoms with Gasteiger partial charge in [-0.15, -0.1) is 0 Å². The zero-order chi connectivity index (χ0) is 11.5. The average Bonchev–Trinajstić information content (AvgIpc) is 3.08. The predicted octanol–water partition coefficient (Wildman–Crippen LogP) is 3.18. The van der Waals surface area contributed by atoms with Crippen LogP contribution in [0.15, 0.2) is 18.2 Å². The molecule has 3 heteroatoms. The third kappa shape index (κ3) is 2.29. The lowest BCUT2D eigenvalue weighted by molar-refractivity contribution is 0.630. The second-order valence-electron chi connectivity index (χ2n) is 4.45. The van der Waals surface area contributed by atoms with Gasteiger partial charge in [0.1, 0.15) is 5.82 Å². The number of rotatable bonds is 5. The van der Waals surface area contributed by atoms with E-state index in [1.807, 2.05) is 6.07 Å². The lowest BCUT2D eigenvalue weighted by Crippen LogP contribution is -2.27. The molecule has 0 aliphatic heterocycles. The molecule has 0 amide bonds. The molecule has 2 rings (SSSR count). The Morgan fingerprint density at radius 2 is 2.19 bits per heavy atom. The first kappa shape index (κ1) is 11.2. The van der Waals surface area contributed by atoms with Crippen molar-refractivity contribution in [2.75, 3.05) is 17.2 Å². The maximum atomic E-state index is 13.4. The van der Waals surface area contributed by atoms with Gasteiger partial charge in [0.15, 0.2) is 0 Å². The number of nitrogen functional groups attached to an aromatic ring is 1. The fourth-order valence-corrected chi connectivity index (χ4v) is 1.99. The number of unbranched alkanes of at least 4 members (excludes halogenated alkanes) is 1. The third-order valence-electron chi connectivity index (χ3n) is 3.08. The summed E-state index contributed by atoms with van der Waals surface area (Å²) in [6, 6.07) is 5.66. The first-order valence-corrected chi connectivity index (χ1v) is 6.04. The van der Waals surface area contributed by atoms with E-state index < -0.39 is 0 Å². The second-order valence-corrected chi connectivity index (χ2v) is 4.45. The van der Waals surface area contributed by atoms with Gasteiger partial charge in [-0.05, 0) is 31.4 Å². The van der Waals surface area contributed by atoms with Gasteiger partial charge in [-0.25, -0.2) is 4.39 Å². The van der Waals surface area contributed by atoms with Crippen LogP contribution in [0.2, 0.25) is 0 Å². The van der Waals surface area contributed by atoms with Crippen LogP contribution in [0.3, 0.4) is 0 Å². The molecule has 1 aromatic rings. The van der Waals surface area contributed by atoms with Crippen molar-refractivity contribution in [3.05, 3.63) is 24.0 Å². The van der Waals surface area contributed by atoms with Crippen LogP contribution in [-0.2, 0) is 0 Å². The molecular formula is C13H19FN2. The monoisotopic (exact) mass is 222 g/mol. The molecule has 0 radical (unpaired) electrons. The Morgan fingerprint density at radius 3 is 2.81 bits per heavy atom. The van der Waals surface area contributed by atoms with Crippen LogP contribution in [0.5, 0.6) is 0 Å². The van der Waals surface area contributed by atoms with Crippen molar-refractivity contribution in [2.24, 2.45) is 0 Å². The molecule has 1 aliphatic carbocycles. The van der Waals surface area contributed by atoms with Gasteiger partial charge in [-0.1, -0.05) is 19.4 Å². The maximum Gasteiger partial charge on any atom is 0.148 e. The zero-order valence-electron chi connectivity index (χ0n) is 9.75. The summed E-state index contributed by atoms with van der Waals surface area (Å²) >= 11 is 0. The van der Waals surface area contributed by atoms with Crippen molar-refractivity contribution in [1.82, 2.24) is 0 Å².